The molecule has 0 spiro atoms. The predicted molar refractivity (Wildman–Crippen MR) is 217 cm³/mol. The Morgan fingerprint density at radius 1 is 0.673 bits per heavy atom. The Bertz CT molecular complexity index is 1900. The van der Waals surface area contributed by atoms with Crippen molar-refractivity contribution >= 4 is 40.8 Å². The normalized spacial score (nSPS) is 18.4. The highest BCUT2D eigenvalue weighted by Crippen LogP contribution is 2.39. The number of anilines is 6. The van der Waals surface area contributed by atoms with Crippen molar-refractivity contribution in [3.8, 4) is 23.0 Å². The molecule has 2 fully saturated rings. The third-order valence-corrected chi connectivity index (χ3v) is 9.35. The van der Waals surface area contributed by atoms with Crippen LogP contribution in [0.3, 0.4) is 0 Å². The first kappa shape index (κ1) is 40.6. The molecule has 2 aliphatic carbocycles. The van der Waals surface area contributed by atoms with Gasteiger partial charge in [-0.05, 0) is 83.8 Å². The average molecular weight is 757 g/mol. The monoisotopic (exact) mass is 756 g/mol. The lowest BCUT2D eigenvalue weighted by atomic mass is 9.81. The molecule has 0 radical (unpaired) electrons. The van der Waals surface area contributed by atoms with E-state index < -0.39 is 0 Å². The van der Waals surface area contributed by atoms with Crippen molar-refractivity contribution in [2.45, 2.75) is 51.7 Å². The summed E-state index contributed by atoms with van der Waals surface area (Å²) in [6.07, 6.45) is 3.82. The minimum atomic E-state index is 0.00386. The van der Waals surface area contributed by atoms with Gasteiger partial charge in [0.05, 0.1) is 20.3 Å². The molecule has 15 nitrogen and oxygen atoms in total. The van der Waals surface area contributed by atoms with E-state index in [-0.39, 0.29) is 24.0 Å². The summed E-state index contributed by atoms with van der Waals surface area (Å²) in [4.78, 5) is 33.5. The summed E-state index contributed by atoms with van der Waals surface area (Å²) in [5, 5.41) is 12.5. The van der Waals surface area contributed by atoms with Gasteiger partial charge in [0.1, 0.15) is 17.7 Å². The van der Waals surface area contributed by atoms with E-state index in [1.54, 1.807) is 33.2 Å². The van der Waals surface area contributed by atoms with E-state index in [9.17, 15) is 4.79 Å². The second-order valence-electron chi connectivity index (χ2n) is 14.4. The van der Waals surface area contributed by atoms with Crippen LogP contribution in [0.25, 0.3) is 0 Å². The number of benzene rings is 2. The Morgan fingerprint density at radius 2 is 1.13 bits per heavy atom. The zero-order chi connectivity index (χ0) is 39.6. The fourth-order valence-electron chi connectivity index (χ4n) is 6.48. The number of carbonyl (C=O) groups excluding carboxylic acids is 1. The molecule has 2 aliphatic rings. The zero-order valence-electron chi connectivity index (χ0n) is 33.7. The number of hydrogen-bond acceptors (Lipinski definition) is 14. The molecule has 15 heteroatoms. The molecule has 2 saturated carbocycles. The predicted octanol–water partition coefficient (Wildman–Crippen LogP) is 6.12. The van der Waals surface area contributed by atoms with E-state index in [0.717, 1.165) is 65.3 Å². The van der Waals surface area contributed by atoms with Crippen LogP contribution < -0.4 is 40.2 Å². The van der Waals surface area contributed by atoms with Gasteiger partial charge in [0.2, 0.25) is 17.8 Å². The second-order valence-corrected chi connectivity index (χ2v) is 14.4. The standard InChI is InChI=1S/C20H27N5O3.C20H29N5O2/c1-12-8-18(21-2)24-20(22-12)23-14-6-7-16(27-5)17(11-14)28-15-9-13(10-15)19(26)25(3)4;1-13-8-19(21-2)24-20(22-13)23-15-6-7-17(26-5)18(11-15)27-16-9-14(10-16)12-25(3)4/h6-8,11,13,15H,9-10H2,1-5H3,(H2,21,22,23,24);6-8,11,14,16H,9-10,12H2,1-5H3,(H2,21,22,23,24). The molecule has 4 aromatic rings. The summed E-state index contributed by atoms with van der Waals surface area (Å²) in [5.41, 5.74) is 3.41. The van der Waals surface area contributed by atoms with Gasteiger partial charge < -0.3 is 50.0 Å². The maximum atomic E-state index is 12.0. The lowest BCUT2D eigenvalue weighted by Gasteiger charge is -2.37. The minimum Gasteiger partial charge on any atom is -0.493 e. The van der Waals surface area contributed by atoms with Crippen molar-refractivity contribution in [2.24, 2.45) is 11.8 Å². The number of methoxy groups -OCH3 is 2. The van der Waals surface area contributed by atoms with Gasteiger partial charge in [-0.3, -0.25) is 4.79 Å². The van der Waals surface area contributed by atoms with Gasteiger partial charge in [0, 0.05) is 87.7 Å². The van der Waals surface area contributed by atoms with Crippen molar-refractivity contribution in [1.82, 2.24) is 29.7 Å². The molecular weight excluding hydrogens is 701 g/mol. The Kier molecular flexibility index (Phi) is 13.8. The molecule has 0 aliphatic heterocycles. The SMILES string of the molecule is CNc1cc(C)nc(Nc2ccc(OC)c(OC3CC(C(=O)N(C)C)C3)c2)n1.CNc1cc(C)nc(Nc2ccc(OC)c(OC3CC(CN(C)C)C3)c2)n1. The zero-order valence-corrected chi connectivity index (χ0v) is 33.7. The van der Waals surface area contributed by atoms with Crippen LogP contribution in [-0.4, -0.2) is 111 Å². The number of amides is 1. The highest BCUT2D eigenvalue weighted by Gasteiger charge is 2.37. The van der Waals surface area contributed by atoms with Crippen molar-refractivity contribution in [2.75, 3.05) is 84.3 Å². The molecule has 55 heavy (non-hydrogen) atoms. The molecule has 0 saturated heterocycles. The maximum Gasteiger partial charge on any atom is 0.229 e. The van der Waals surface area contributed by atoms with Crippen molar-refractivity contribution in [3.05, 3.63) is 59.9 Å². The van der Waals surface area contributed by atoms with Crippen molar-refractivity contribution in [3.63, 3.8) is 0 Å². The summed E-state index contributed by atoms with van der Waals surface area (Å²) in [5.74, 6) is 6.22. The number of hydrogen-bond donors (Lipinski definition) is 4. The number of aromatic nitrogens is 4. The number of nitrogens with zero attached hydrogens (tertiary/aromatic N) is 6. The molecule has 0 atom stereocenters. The summed E-state index contributed by atoms with van der Waals surface area (Å²) in [6.45, 7) is 4.96. The van der Waals surface area contributed by atoms with E-state index in [4.69, 9.17) is 18.9 Å². The number of rotatable bonds is 15. The molecule has 6 rings (SSSR count). The second kappa shape index (κ2) is 18.7. The molecule has 2 heterocycles. The summed E-state index contributed by atoms with van der Waals surface area (Å²) >= 11 is 0. The lowest BCUT2D eigenvalue weighted by Crippen LogP contribution is -2.43. The van der Waals surface area contributed by atoms with Gasteiger partial charge in [0.25, 0.3) is 0 Å². The number of ether oxygens (including phenoxy) is 4. The molecule has 296 valence electrons. The molecule has 4 N–H and O–H groups in total. The fourth-order valence-corrected chi connectivity index (χ4v) is 6.48. The van der Waals surface area contributed by atoms with Crippen LogP contribution in [0.4, 0.5) is 34.9 Å². The van der Waals surface area contributed by atoms with Crippen LogP contribution >= 0.6 is 0 Å². The number of nitrogens with one attached hydrogen (secondary N) is 4. The molecule has 0 unspecified atom stereocenters. The van der Waals surface area contributed by atoms with Crippen LogP contribution in [-0.2, 0) is 4.79 Å². The number of aryl methyl sites for hydroxylation is 2. The first-order valence-electron chi connectivity index (χ1n) is 18.5. The Balaban J connectivity index is 0.000000211. The van der Waals surface area contributed by atoms with Gasteiger partial charge in [-0.15, -0.1) is 0 Å². The van der Waals surface area contributed by atoms with E-state index in [1.165, 1.54) is 0 Å². The molecule has 1 amide bonds. The highest BCUT2D eigenvalue weighted by atomic mass is 16.5. The first-order valence-corrected chi connectivity index (χ1v) is 18.5. The van der Waals surface area contributed by atoms with Gasteiger partial charge in [-0.25, -0.2) is 9.97 Å². The summed E-state index contributed by atoms with van der Waals surface area (Å²) < 4.78 is 23.2. The number of carbonyl (C=O) groups is 1. The van der Waals surface area contributed by atoms with Gasteiger partial charge in [0.15, 0.2) is 23.0 Å². The Hall–Kier alpha value is -5.57. The third kappa shape index (κ3) is 11.2. The largest absolute Gasteiger partial charge is 0.493 e. The van der Waals surface area contributed by atoms with E-state index in [1.807, 2.05) is 76.5 Å². The Labute approximate surface area is 324 Å². The highest BCUT2D eigenvalue weighted by molar-refractivity contribution is 5.79. The van der Waals surface area contributed by atoms with Gasteiger partial charge in [-0.1, -0.05) is 0 Å². The third-order valence-electron chi connectivity index (χ3n) is 9.35. The summed E-state index contributed by atoms with van der Waals surface area (Å²) in [6, 6.07) is 15.1. The van der Waals surface area contributed by atoms with E-state index in [2.05, 4.69) is 60.2 Å². The van der Waals surface area contributed by atoms with Crippen LogP contribution in [0.2, 0.25) is 0 Å². The van der Waals surface area contributed by atoms with Crippen LogP contribution in [0.5, 0.6) is 23.0 Å². The maximum absolute atomic E-state index is 12.0. The van der Waals surface area contributed by atoms with Crippen LogP contribution in [0.1, 0.15) is 37.1 Å². The molecule has 2 aromatic heterocycles. The first-order chi connectivity index (χ1) is 26.3. The van der Waals surface area contributed by atoms with Gasteiger partial charge >= 0.3 is 0 Å². The lowest BCUT2D eigenvalue weighted by molar-refractivity contribution is -0.138. The average Bonchev–Trinajstić information content (AvgIpc) is 3.11. The minimum absolute atomic E-state index is 0.00386. The quantitative estimate of drug-likeness (QED) is 0.110. The van der Waals surface area contributed by atoms with E-state index in [0.29, 0.717) is 42.2 Å². The van der Waals surface area contributed by atoms with Gasteiger partial charge in [-0.2, -0.15) is 9.97 Å². The smallest absolute Gasteiger partial charge is 0.229 e. The molecular formula is C40H56N10O5. The molecule has 2 aromatic carbocycles. The summed E-state index contributed by atoms with van der Waals surface area (Å²) in [7, 11) is 14.7. The van der Waals surface area contributed by atoms with Crippen LogP contribution in [0.15, 0.2) is 48.5 Å². The fraction of sp³-hybridized carbons (Fsp3) is 0.475. The van der Waals surface area contributed by atoms with E-state index >= 15 is 0 Å². The van der Waals surface area contributed by atoms with Crippen molar-refractivity contribution in [1.29, 1.82) is 0 Å². The van der Waals surface area contributed by atoms with Crippen molar-refractivity contribution < 1.29 is 23.7 Å². The topological polar surface area (TPSA) is 160 Å². The molecule has 0 bridgehead atoms. The Morgan fingerprint density at radius 3 is 1.53 bits per heavy atom. The van der Waals surface area contributed by atoms with Crippen LogP contribution in [0, 0.1) is 25.7 Å².